The van der Waals surface area contributed by atoms with Crippen LogP contribution >= 0.6 is 12.2 Å². The fourth-order valence-electron chi connectivity index (χ4n) is 1.83. The van der Waals surface area contributed by atoms with Crippen LogP contribution in [0.3, 0.4) is 0 Å². The fourth-order valence-corrected chi connectivity index (χ4v) is 1.98. The van der Waals surface area contributed by atoms with E-state index in [-0.39, 0.29) is 11.7 Å². The van der Waals surface area contributed by atoms with Gasteiger partial charge in [0.2, 0.25) is 0 Å². The Morgan fingerprint density at radius 1 is 1.40 bits per heavy atom. The lowest BCUT2D eigenvalue weighted by atomic mass is 10.1. The lowest BCUT2D eigenvalue weighted by Gasteiger charge is -2.13. The number of hydrogen-bond donors (Lipinski definition) is 2. The van der Waals surface area contributed by atoms with Gasteiger partial charge in [-0.25, -0.2) is 0 Å². The van der Waals surface area contributed by atoms with E-state index in [2.05, 4.69) is 16.9 Å². The molecule has 1 aromatic heterocycles. The van der Waals surface area contributed by atoms with E-state index < -0.39 is 0 Å². The molecule has 1 unspecified atom stereocenters. The summed E-state index contributed by atoms with van der Waals surface area (Å²) in [4.78, 5) is 17.2. The summed E-state index contributed by atoms with van der Waals surface area (Å²) in [5, 5.41) is 0. The third-order valence-corrected chi connectivity index (χ3v) is 3.32. The maximum Gasteiger partial charge on any atom is 0.255 e. The van der Waals surface area contributed by atoms with Crippen molar-refractivity contribution in [2.75, 3.05) is 0 Å². The minimum atomic E-state index is -0.151. The molecule has 0 aliphatic heterocycles. The quantitative estimate of drug-likeness (QED) is 0.831. The number of aromatic amines is 2. The van der Waals surface area contributed by atoms with Gasteiger partial charge < -0.3 is 9.72 Å². The smallest absolute Gasteiger partial charge is 0.255 e. The van der Waals surface area contributed by atoms with E-state index in [0.717, 1.165) is 17.7 Å². The second kappa shape index (κ2) is 6.52. The van der Waals surface area contributed by atoms with Gasteiger partial charge in [-0.3, -0.25) is 9.78 Å². The van der Waals surface area contributed by atoms with Gasteiger partial charge in [0, 0.05) is 18.2 Å². The summed E-state index contributed by atoms with van der Waals surface area (Å²) in [5.74, 6) is 0.831. The van der Waals surface area contributed by atoms with Gasteiger partial charge in [0.15, 0.2) is 4.77 Å². The number of hydrogen-bond acceptors (Lipinski definition) is 3. The van der Waals surface area contributed by atoms with Gasteiger partial charge in [0.25, 0.3) is 5.56 Å². The maximum absolute atomic E-state index is 11.8. The van der Waals surface area contributed by atoms with E-state index in [1.165, 1.54) is 0 Å². The number of nitrogens with one attached hydrogen (secondary N) is 2. The summed E-state index contributed by atoms with van der Waals surface area (Å²) in [6.45, 7) is 4.12. The fraction of sp³-hybridized carbons (Fsp3) is 0.333. The van der Waals surface area contributed by atoms with Gasteiger partial charge in [-0.2, -0.15) is 0 Å². The minimum Gasteiger partial charge on any atom is -0.491 e. The van der Waals surface area contributed by atoms with E-state index in [1.807, 2.05) is 31.2 Å². The molecule has 2 aromatic rings. The Balaban J connectivity index is 2.19. The molecule has 0 radical (unpaired) electrons. The summed E-state index contributed by atoms with van der Waals surface area (Å²) in [6, 6.07) is 7.81. The minimum absolute atomic E-state index is 0.151. The van der Waals surface area contributed by atoms with Crippen LogP contribution in [0, 0.1) is 4.77 Å². The third-order valence-electron chi connectivity index (χ3n) is 3.10. The molecule has 0 aliphatic rings. The van der Waals surface area contributed by atoms with Crippen molar-refractivity contribution in [3.8, 4) is 5.75 Å². The van der Waals surface area contributed by atoms with Crippen molar-refractivity contribution in [2.45, 2.75) is 32.8 Å². The van der Waals surface area contributed by atoms with E-state index >= 15 is 0 Å². The Hall–Kier alpha value is -1.88. The molecule has 20 heavy (non-hydrogen) atoms. The molecule has 0 fully saturated rings. The predicted octanol–water partition coefficient (Wildman–Crippen LogP) is 3.20. The van der Waals surface area contributed by atoms with Gasteiger partial charge in [-0.05, 0) is 43.3 Å². The lowest BCUT2D eigenvalue weighted by Crippen LogP contribution is -2.14. The molecular formula is C15H18N2O2S. The summed E-state index contributed by atoms with van der Waals surface area (Å²) >= 11 is 4.87. The zero-order chi connectivity index (χ0) is 14.5. The molecule has 0 saturated carbocycles. The van der Waals surface area contributed by atoms with Crippen molar-refractivity contribution in [1.29, 1.82) is 0 Å². The Labute approximate surface area is 122 Å². The average Bonchev–Trinajstić information content (AvgIpc) is 2.42. The highest BCUT2D eigenvalue weighted by Crippen LogP contribution is 2.17. The van der Waals surface area contributed by atoms with Crippen molar-refractivity contribution < 1.29 is 4.74 Å². The molecule has 4 nitrogen and oxygen atoms in total. The number of benzene rings is 1. The molecule has 5 heteroatoms. The summed E-state index contributed by atoms with van der Waals surface area (Å²) in [7, 11) is 0. The average molecular weight is 290 g/mol. The number of ether oxygens (including phenoxy) is 1. The Morgan fingerprint density at radius 3 is 2.90 bits per heavy atom. The second-order valence-electron chi connectivity index (χ2n) is 4.76. The summed E-state index contributed by atoms with van der Waals surface area (Å²) in [5.41, 5.74) is 1.53. The van der Waals surface area contributed by atoms with E-state index in [1.54, 1.807) is 6.20 Å². The van der Waals surface area contributed by atoms with Gasteiger partial charge in [0.1, 0.15) is 5.75 Å². The Kier molecular flexibility index (Phi) is 4.74. The largest absolute Gasteiger partial charge is 0.491 e. The molecule has 0 amide bonds. The van der Waals surface area contributed by atoms with Crippen molar-refractivity contribution >= 4 is 12.2 Å². The first-order valence-corrected chi connectivity index (χ1v) is 7.05. The number of H-pyrrole nitrogens is 2. The predicted molar refractivity (Wildman–Crippen MR) is 81.9 cm³/mol. The Bertz CT molecular complexity index is 691. The first kappa shape index (κ1) is 14.5. The lowest BCUT2D eigenvalue weighted by molar-refractivity contribution is 0.217. The highest BCUT2D eigenvalue weighted by molar-refractivity contribution is 7.71. The molecule has 106 valence electrons. The van der Waals surface area contributed by atoms with Crippen LogP contribution in [0.5, 0.6) is 5.75 Å². The van der Waals surface area contributed by atoms with Crippen LogP contribution in [-0.4, -0.2) is 16.1 Å². The van der Waals surface area contributed by atoms with Gasteiger partial charge in [0.05, 0.1) is 6.10 Å². The van der Waals surface area contributed by atoms with Crippen molar-refractivity contribution in [3.05, 3.63) is 56.7 Å². The van der Waals surface area contributed by atoms with Crippen molar-refractivity contribution in [1.82, 2.24) is 9.97 Å². The monoisotopic (exact) mass is 290 g/mol. The molecule has 0 saturated heterocycles. The van der Waals surface area contributed by atoms with E-state index in [0.29, 0.717) is 16.8 Å². The third kappa shape index (κ3) is 3.81. The molecule has 1 heterocycles. The highest BCUT2D eigenvalue weighted by atomic mass is 32.1. The molecule has 2 N–H and O–H groups in total. The zero-order valence-electron chi connectivity index (χ0n) is 11.6. The number of aromatic nitrogens is 2. The van der Waals surface area contributed by atoms with E-state index in [9.17, 15) is 4.79 Å². The summed E-state index contributed by atoms with van der Waals surface area (Å²) in [6.07, 6.45) is 3.34. The van der Waals surface area contributed by atoms with Crippen molar-refractivity contribution in [2.24, 2.45) is 0 Å². The Morgan fingerprint density at radius 2 is 2.20 bits per heavy atom. The topological polar surface area (TPSA) is 57.9 Å². The first-order valence-electron chi connectivity index (χ1n) is 6.65. The molecule has 2 rings (SSSR count). The SMILES string of the molecule is CCC(C)Oc1cccc(Cc2c[nH]c(=S)[nH]c2=O)c1. The van der Waals surface area contributed by atoms with Crippen LogP contribution in [0.15, 0.2) is 35.3 Å². The first-order chi connectivity index (χ1) is 9.58. The number of rotatable bonds is 5. The molecule has 0 aliphatic carbocycles. The van der Waals surface area contributed by atoms with Crippen LogP contribution in [0.2, 0.25) is 0 Å². The van der Waals surface area contributed by atoms with Gasteiger partial charge >= 0.3 is 0 Å². The van der Waals surface area contributed by atoms with Gasteiger partial charge in [-0.1, -0.05) is 19.1 Å². The van der Waals surface area contributed by atoms with Crippen LogP contribution in [0.25, 0.3) is 0 Å². The standard InChI is InChI=1S/C15H18N2O2S/c1-3-10(2)19-13-6-4-5-11(8-13)7-12-9-16-15(20)17-14(12)18/h4-6,8-10H,3,7H2,1-2H3,(H2,16,17,18,20). The molecule has 0 spiro atoms. The molecule has 1 aromatic carbocycles. The zero-order valence-corrected chi connectivity index (χ0v) is 12.4. The van der Waals surface area contributed by atoms with E-state index in [4.69, 9.17) is 17.0 Å². The van der Waals surface area contributed by atoms with Crippen LogP contribution < -0.4 is 10.3 Å². The molecular weight excluding hydrogens is 272 g/mol. The molecule has 0 bridgehead atoms. The van der Waals surface area contributed by atoms with Crippen molar-refractivity contribution in [3.63, 3.8) is 0 Å². The van der Waals surface area contributed by atoms with Crippen LogP contribution in [0.4, 0.5) is 0 Å². The summed E-state index contributed by atoms with van der Waals surface area (Å²) < 4.78 is 6.12. The molecule has 1 atom stereocenters. The normalized spacial score (nSPS) is 12.1. The van der Waals surface area contributed by atoms with Gasteiger partial charge in [-0.15, -0.1) is 0 Å². The highest BCUT2D eigenvalue weighted by Gasteiger charge is 2.05. The second-order valence-corrected chi connectivity index (χ2v) is 5.17. The van der Waals surface area contributed by atoms with Crippen LogP contribution in [-0.2, 0) is 6.42 Å². The van der Waals surface area contributed by atoms with Crippen LogP contribution in [0.1, 0.15) is 31.4 Å². The maximum atomic E-state index is 11.8.